The number of carbonyl (C=O) groups is 1. The Labute approximate surface area is 127 Å². The van der Waals surface area contributed by atoms with E-state index in [4.69, 9.17) is 9.47 Å². The molecule has 0 saturated heterocycles. The molecule has 0 amide bonds. The van der Waals surface area contributed by atoms with Crippen LogP contribution in [0.25, 0.3) is 10.9 Å². The van der Waals surface area contributed by atoms with Crippen LogP contribution in [0, 0.1) is 0 Å². The summed E-state index contributed by atoms with van der Waals surface area (Å²) in [4.78, 5) is 19.7. The van der Waals surface area contributed by atoms with Gasteiger partial charge in [0.15, 0.2) is 6.29 Å². The summed E-state index contributed by atoms with van der Waals surface area (Å²) in [7, 11) is 1.50. The van der Waals surface area contributed by atoms with Crippen LogP contribution in [0.4, 0.5) is 0 Å². The van der Waals surface area contributed by atoms with Crippen molar-refractivity contribution in [3.8, 4) is 11.6 Å². The second kappa shape index (κ2) is 6.22. The van der Waals surface area contributed by atoms with Gasteiger partial charge in [0.25, 0.3) is 0 Å². The molecule has 0 unspecified atom stereocenters. The Morgan fingerprint density at radius 2 is 2.05 bits per heavy atom. The van der Waals surface area contributed by atoms with Gasteiger partial charge in [-0.05, 0) is 12.1 Å². The Hall–Kier alpha value is -2.95. The third kappa shape index (κ3) is 2.88. The maximum atomic E-state index is 11.1. The van der Waals surface area contributed by atoms with E-state index in [1.807, 2.05) is 36.4 Å². The number of carbonyl (C=O) groups excluding carboxylic acids is 1. The molecule has 2 aromatic heterocycles. The van der Waals surface area contributed by atoms with Crippen molar-refractivity contribution in [1.29, 1.82) is 0 Å². The number of benzene rings is 1. The largest absolute Gasteiger partial charge is 0.485 e. The topological polar surface area (TPSA) is 61.3 Å². The minimum Gasteiger partial charge on any atom is -0.485 e. The molecule has 0 N–H and O–H groups in total. The van der Waals surface area contributed by atoms with Crippen molar-refractivity contribution in [2.24, 2.45) is 0 Å². The van der Waals surface area contributed by atoms with E-state index >= 15 is 0 Å². The minimum atomic E-state index is 0.264. The molecule has 0 saturated carbocycles. The number of hydrogen-bond donors (Lipinski definition) is 0. The number of hydrogen-bond acceptors (Lipinski definition) is 5. The van der Waals surface area contributed by atoms with Gasteiger partial charge in [-0.2, -0.15) is 0 Å². The minimum absolute atomic E-state index is 0.264. The van der Waals surface area contributed by atoms with Crippen LogP contribution in [0.5, 0.6) is 11.6 Å². The standard InChI is InChI=1S/C17H14N2O3/c1-21-17-8-13(10-20)16(9-18-17)22-11-14-7-6-12-4-2-3-5-15(12)19-14/h2-10H,11H2,1H3. The fourth-order valence-corrected chi connectivity index (χ4v) is 2.10. The fraction of sp³-hybridized carbons (Fsp3) is 0.118. The predicted octanol–water partition coefficient (Wildman–Crippen LogP) is 3.03. The molecule has 2 heterocycles. The molecule has 0 atom stereocenters. The zero-order valence-corrected chi connectivity index (χ0v) is 12.0. The molecule has 110 valence electrons. The van der Waals surface area contributed by atoms with Gasteiger partial charge in [0.2, 0.25) is 5.88 Å². The lowest BCUT2D eigenvalue weighted by atomic mass is 10.2. The van der Waals surface area contributed by atoms with E-state index in [0.29, 0.717) is 23.5 Å². The summed E-state index contributed by atoms with van der Waals surface area (Å²) in [6.07, 6.45) is 2.19. The summed E-state index contributed by atoms with van der Waals surface area (Å²) < 4.78 is 10.6. The van der Waals surface area contributed by atoms with Gasteiger partial charge in [-0.1, -0.05) is 24.3 Å². The van der Waals surface area contributed by atoms with Crippen LogP contribution in [0.3, 0.4) is 0 Å². The van der Waals surface area contributed by atoms with Crippen LogP contribution < -0.4 is 9.47 Å². The molecule has 0 aliphatic heterocycles. The van der Waals surface area contributed by atoms with Gasteiger partial charge in [-0.3, -0.25) is 4.79 Å². The van der Waals surface area contributed by atoms with E-state index in [0.717, 1.165) is 16.6 Å². The van der Waals surface area contributed by atoms with Crippen molar-refractivity contribution in [2.45, 2.75) is 6.61 Å². The molecule has 3 aromatic rings. The summed E-state index contributed by atoms with van der Waals surface area (Å²) in [6, 6.07) is 13.3. The van der Waals surface area contributed by atoms with E-state index in [1.54, 1.807) is 0 Å². The van der Waals surface area contributed by atoms with Crippen LogP contribution in [0.15, 0.2) is 48.7 Å². The van der Waals surface area contributed by atoms with Gasteiger partial charge in [0, 0.05) is 11.5 Å². The van der Waals surface area contributed by atoms with Crippen molar-refractivity contribution in [3.05, 3.63) is 59.9 Å². The molecule has 0 aliphatic rings. The summed E-state index contributed by atoms with van der Waals surface area (Å²) >= 11 is 0. The Morgan fingerprint density at radius 3 is 2.86 bits per heavy atom. The smallest absolute Gasteiger partial charge is 0.213 e. The SMILES string of the molecule is COc1cc(C=O)c(OCc2ccc3ccccc3n2)cn1. The molecule has 0 fully saturated rings. The van der Waals surface area contributed by atoms with E-state index < -0.39 is 0 Å². The fourth-order valence-electron chi connectivity index (χ4n) is 2.10. The third-order valence-electron chi connectivity index (χ3n) is 3.24. The first kappa shape index (κ1) is 14.0. The lowest BCUT2D eigenvalue weighted by molar-refractivity contribution is 0.111. The summed E-state index contributed by atoms with van der Waals surface area (Å²) in [5.41, 5.74) is 2.09. The lowest BCUT2D eigenvalue weighted by Crippen LogP contribution is -2.01. The van der Waals surface area contributed by atoms with Crippen molar-refractivity contribution in [2.75, 3.05) is 7.11 Å². The van der Waals surface area contributed by atoms with Gasteiger partial charge in [0.05, 0.1) is 30.1 Å². The maximum absolute atomic E-state index is 11.1. The Balaban J connectivity index is 1.80. The second-order valence-corrected chi connectivity index (χ2v) is 4.67. The lowest BCUT2D eigenvalue weighted by Gasteiger charge is -2.09. The summed E-state index contributed by atoms with van der Waals surface area (Å²) in [6.45, 7) is 0.264. The average molecular weight is 294 g/mol. The van der Waals surface area contributed by atoms with Gasteiger partial charge in [-0.25, -0.2) is 9.97 Å². The number of ether oxygens (including phenoxy) is 2. The van der Waals surface area contributed by atoms with Crippen molar-refractivity contribution in [3.63, 3.8) is 0 Å². The first-order valence-electron chi connectivity index (χ1n) is 6.77. The second-order valence-electron chi connectivity index (χ2n) is 4.67. The Kier molecular flexibility index (Phi) is 3.96. The molecular weight excluding hydrogens is 280 g/mol. The average Bonchev–Trinajstić information content (AvgIpc) is 2.59. The van der Waals surface area contributed by atoms with E-state index in [2.05, 4.69) is 9.97 Å². The molecule has 1 aromatic carbocycles. The van der Waals surface area contributed by atoms with Crippen molar-refractivity contribution < 1.29 is 14.3 Å². The van der Waals surface area contributed by atoms with Crippen molar-refractivity contribution >= 4 is 17.2 Å². The van der Waals surface area contributed by atoms with E-state index in [1.165, 1.54) is 19.4 Å². The first-order chi connectivity index (χ1) is 10.8. The molecule has 0 spiro atoms. The van der Waals surface area contributed by atoms with Gasteiger partial charge in [0.1, 0.15) is 12.4 Å². The third-order valence-corrected chi connectivity index (χ3v) is 3.24. The molecule has 3 rings (SSSR count). The highest BCUT2D eigenvalue weighted by Crippen LogP contribution is 2.21. The first-order valence-corrected chi connectivity index (χ1v) is 6.77. The highest BCUT2D eigenvalue weighted by atomic mass is 16.5. The van der Waals surface area contributed by atoms with Gasteiger partial charge in [-0.15, -0.1) is 0 Å². The molecular formula is C17H14N2O3. The normalized spacial score (nSPS) is 10.4. The highest BCUT2D eigenvalue weighted by molar-refractivity contribution is 5.79. The zero-order valence-electron chi connectivity index (χ0n) is 12.0. The number of rotatable bonds is 5. The predicted molar refractivity (Wildman–Crippen MR) is 82.3 cm³/mol. The van der Waals surface area contributed by atoms with Gasteiger partial charge >= 0.3 is 0 Å². The summed E-state index contributed by atoms with van der Waals surface area (Å²) in [5.74, 6) is 0.782. The number of fused-ring (bicyclic) bond motifs is 1. The number of pyridine rings is 2. The molecule has 0 aliphatic carbocycles. The molecule has 5 heteroatoms. The maximum Gasteiger partial charge on any atom is 0.213 e. The number of aromatic nitrogens is 2. The number of nitrogens with zero attached hydrogens (tertiary/aromatic N) is 2. The Bertz CT molecular complexity index is 818. The zero-order chi connectivity index (χ0) is 15.4. The summed E-state index contributed by atoms with van der Waals surface area (Å²) in [5, 5.41) is 1.07. The van der Waals surface area contributed by atoms with Crippen LogP contribution in [0.1, 0.15) is 16.1 Å². The molecule has 22 heavy (non-hydrogen) atoms. The Morgan fingerprint density at radius 1 is 1.18 bits per heavy atom. The molecule has 0 radical (unpaired) electrons. The van der Waals surface area contributed by atoms with Crippen molar-refractivity contribution in [1.82, 2.24) is 9.97 Å². The molecule has 5 nitrogen and oxygen atoms in total. The highest BCUT2D eigenvalue weighted by Gasteiger charge is 2.07. The monoisotopic (exact) mass is 294 g/mol. The van der Waals surface area contributed by atoms with Crippen LogP contribution in [-0.4, -0.2) is 23.4 Å². The van der Waals surface area contributed by atoms with Crippen LogP contribution >= 0.6 is 0 Å². The van der Waals surface area contributed by atoms with Crippen LogP contribution in [-0.2, 0) is 6.61 Å². The van der Waals surface area contributed by atoms with E-state index in [9.17, 15) is 4.79 Å². The number of aldehydes is 1. The van der Waals surface area contributed by atoms with Crippen LogP contribution in [0.2, 0.25) is 0 Å². The molecule has 0 bridgehead atoms. The number of methoxy groups -OCH3 is 1. The quantitative estimate of drug-likeness (QED) is 0.677. The van der Waals surface area contributed by atoms with Gasteiger partial charge < -0.3 is 9.47 Å². The van der Waals surface area contributed by atoms with E-state index in [-0.39, 0.29) is 6.61 Å². The number of para-hydroxylation sites is 1.